The molecule has 1 aliphatic rings. The van der Waals surface area contributed by atoms with Crippen LogP contribution in [0.15, 0.2) is 51.1 Å². The number of benzene rings is 2. The van der Waals surface area contributed by atoms with E-state index >= 15 is 0 Å². The molecule has 0 radical (unpaired) electrons. The van der Waals surface area contributed by atoms with Gasteiger partial charge in [-0.1, -0.05) is 45.8 Å². The lowest BCUT2D eigenvalue weighted by Gasteiger charge is -2.34. The molecule has 0 bridgehead atoms. The fourth-order valence-electron chi connectivity index (χ4n) is 4.20. The van der Waals surface area contributed by atoms with Crippen LogP contribution in [0.5, 0.6) is 0 Å². The Morgan fingerprint density at radius 2 is 1.71 bits per heavy atom. The van der Waals surface area contributed by atoms with Crippen LogP contribution < -0.4 is 4.90 Å². The first-order chi connectivity index (χ1) is 14.7. The summed E-state index contributed by atoms with van der Waals surface area (Å²) in [6.45, 7) is 7.98. The molecule has 164 valence electrons. The summed E-state index contributed by atoms with van der Waals surface area (Å²) in [4.78, 5) is 7.45. The van der Waals surface area contributed by atoms with Gasteiger partial charge in [0.15, 0.2) is 5.13 Å². The minimum absolute atomic E-state index is 0.456. The summed E-state index contributed by atoms with van der Waals surface area (Å²) in [6.07, 6.45) is 0.788. The molecule has 0 saturated carbocycles. The van der Waals surface area contributed by atoms with E-state index in [2.05, 4.69) is 38.3 Å². The lowest BCUT2D eigenvalue weighted by molar-refractivity contribution is 0.384. The van der Waals surface area contributed by atoms with Crippen molar-refractivity contribution in [3.63, 3.8) is 0 Å². The van der Waals surface area contributed by atoms with Gasteiger partial charge in [0.25, 0.3) is 0 Å². The quantitative estimate of drug-likeness (QED) is 0.479. The Kier molecular flexibility index (Phi) is 6.53. The van der Waals surface area contributed by atoms with Crippen molar-refractivity contribution in [3.8, 4) is 0 Å². The Bertz CT molecular complexity index is 1180. The molecule has 5 nitrogen and oxygen atoms in total. The predicted octanol–water partition coefficient (Wildman–Crippen LogP) is 4.93. The maximum Gasteiger partial charge on any atom is 0.243 e. The second kappa shape index (κ2) is 9.02. The first kappa shape index (κ1) is 22.5. The number of hydrogen-bond acceptors (Lipinski definition) is 5. The fraction of sp³-hybridized carbons (Fsp3) is 0.348. The third kappa shape index (κ3) is 4.87. The molecular formula is C23H26BrN3O2S2. The van der Waals surface area contributed by atoms with Crippen molar-refractivity contribution < 1.29 is 8.42 Å². The minimum atomic E-state index is -3.50. The van der Waals surface area contributed by atoms with Crippen LogP contribution in [0.3, 0.4) is 0 Å². The van der Waals surface area contributed by atoms with Gasteiger partial charge >= 0.3 is 0 Å². The second-order valence-corrected chi connectivity index (χ2v) is 11.7. The number of thiazole rings is 1. The SMILES string of the molecule is Cc1cc(C)c(S(=O)(=O)N2CCN(c3nc(Cc4cccc(Br)c4)cs3)CC2)c(C)c1. The van der Waals surface area contributed by atoms with Crippen LogP contribution in [0, 0.1) is 20.8 Å². The van der Waals surface area contributed by atoms with Gasteiger partial charge in [0.05, 0.1) is 10.6 Å². The van der Waals surface area contributed by atoms with Gasteiger partial charge in [0, 0.05) is 42.5 Å². The highest BCUT2D eigenvalue weighted by Crippen LogP contribution is 2.28. The number of anilines is 1. The van der Waals surface area contributed by atoms with Crippen molar-refractivity contribution in [1.29, 1.82) is 0 Å². The summed E-state index contributed by atoms with van der Waals surface area (Å²) in [7, 11) is -3.50. The molecule has 8 heteroatoms. The van der Waals surface area contributed by atoms with Crippen molar-refractivity contribution >= 4 is 42.4 Å². The number of piperazine rings is 1. The summed E-state index contributed by atoms with van der Waals surface area (Å²) < 4.78 is 29.3. The van der Waals surface area contributed by atoms with Crippen molar-refractivity contribution in [2.75, 3.05) is 31.1 Å². The van der Waals surface area contributed by atoms with Crippen molar-refractivity contribution in [3.05, 3.63) is 74.2 Å². The van der Waals surface area contributed by atoms with Crippen LogP contribution in [0.2, 0.25) is 0 Å². The molecule has 4 rings (SSSR count). The highest BCUT2D eigenvalue weighted by Gasteiger charge is 2.31. The van der Waals surface area contributed by atoms with Crippen LogP contribution in [0.25, 0.3) is 0 Å². The Hall–Kier alpha value is -1.74. The highest BCUT2D eigenvalue weighted by atomic mass is 79.9. The summed E-state index contributed by atoms with van der Waals surface area (Å²) in [5.74, 6) is 0. The van der Waals surface area contributed by atoms with Crippen LogP contribution >= 0.6 is 27.3 Å². The lowest BCUT2D eigenvalue weighted by Crippen LogP contribution is -2.48. The standard InChI is InChI=1S/C23H26BrN3O2S2/c1-16-11-17(2)22(18(3)12-16)31(28,29)27-9-7-26(8-10-27)23-25-21(15-30-23)14-19-5-4-6-20(24)13-19/h4-6,11-13,15H,7-10,14H2,1-3H3. The number of nitrogens with zero attached hydrogens (tertiary/aromatic N) is 3. The van der Waals surface area contributed by atoms with Gasteiger partial charge in [0.1, 0.15) is 0 Å². The first-order valence-corrected chi connectivity index (χ1v) is 13.4. The molecular weight excluding hydrogens is 494 g/mol. The maximum atomic E-state index is 13.3. The molecule has 0 atom stereocenters. The van der Waals surface area contributed by atoms with Gasteiger partial charge in [-0.05, 0) is 49.6 Å². The molecule has 2 aromatic carbocycles. The molecule has 31 heavy (non-hydrogen) atoms. The van der Waals surface area contributed by atoms with E-state index in [1.54, 1.807) is 15.6 Å². The zero-order valence-electron chi connectivity index (χ0n) is 17.9. The van der Waals surface area contributed by atoms with E-state index in [0.717, 1.165) is 38.4 Å². The maximum absolute atomic E-state index is 13.3. The summed E-state index contributed by atoms with van der Waals surface area (Å²) in [5.41, 5.74) is 4.97. The van der Waals surface area contributed by atoms with Gasteiger partial charge < -0.3 is 4.90 Å². The highest BCUT2D eigenvalue weighted by molar-refractivity contribution is 9.10. The van der Waals surface area contributed by atoms with Crippen LogP contribution in [-0.4, -0.2) is 43.9 Å². The molecule has 2 heterocycles. The number of halogens is 1. The van der Waals surface area contributed by atoms with Gasteiger partial charge in [-0.25, -0.2) is 13.4 Å². The molecule has 0 N–H and O–H groups in total. The fourth-order valence-corrected chi connectivity index (χ4v) is 7.36. The third-order valence-corrected chi connectivity index (χ3v) is 9.17. The van der Waals surface area contributed by atoms with Crippen LogP contribution in [-0.2, 0) is 16.4 Å². The molecule has 1 aliphatic heterocycles. The van der Waals surface area contributed by atoms with Gasteiger partial charge in [-0.3, -0.25) is 0 Å². The number of aryl methyl sites for hydroxylation is 3. The molecule has 3 aromatic rings. The third-order valence-electron chi connectivity index (χ3n) is 5.53. The number of sulfonamides is 1. The van der Waals surface area contributed by atoms with E-state index in [0.29, 0.717) is 31.1 Å². The summed E-state index contributed by atoms with van der Waals surface area (Å²) in [5, 5.41) is 3.06. The molecule has 0 unspecified atom stereocenters. The van der Waals surface area contributed by atoms with E-state index in [1.807, 2.05) is 45.0 Å². The van der Waals surface area contributed by atoms with Crippen molar-refractivity contribution in [1.82, 2.24) is 9.29 Å². The summed E-state index contributed by atoms with van der Waals surface area (Å²) >= 11 is 5.14. The Morgan fingerprint density at radius 3 is 2.35 bits per heavy atom. The Labute approximate surface area is 196 Å². The average Bonchev–Trinajstić information content (AvgIpc) is 3.15. The molecule has 1 saturated heterocycles. The van der Waals surface area contributed by atoms with Gasteiger partial charge in [-0.15, -0.1) is 11.3 Å². The Balaban J connectivity index is 1.44. The number of rotatable bonds is 5. The zero-order chi connectivity index (χ0) is 22.2. The minimum Gasteiger partial charge on any atom is -0.345 e. The van der Waals surface area contributed by atoms with Gasteiger partial charge in [0.2, 0.25) is 10.0 Å². The lowest BCUT2D eigenvalue weighted by atomic mass is 10.1. The van der Waals surface area contributed by atoms with E-state index in [1.165, 1.54) is 5.56 Å². The summed E-state index contributed by atoms with van der Waals surface area (Å²) in [6, 6.07) is 12.1. The van der Waals surface area contributed by atoms with E-state index in [4.69, 9.17) is 4.98 Å². The van der Waals surface area contributed by atoms with Crippen LogP contribution in [0.4, 0.5) is 5.13 Å². The number of hydrogen-bond donors (Lipinski definition) is 0. The second-order valence-electron chi connectivity index (χ2n) is 8.05. The molecule has 0 aliphatic carbocycles. The molecule has 1 aromatic heterocycles. The molecule has 0 amide bonds. The van der Waals surface area contributed by atoms with E-state index < -0.39 is 10.0 Å². The van der Waals surface area contributed by atoms with Crippen LogP contribution in [0.1, 0.15) is 27.9 Å². The van der Waals surface area contributed by atoms with E-state index in [-0.39, 0.29) is 0 Å². The Morgan fingerprint density at radius 1 is 1.03 bits per heavy atom. The topological polar surface area (TPSA) is 53.5 Å². The predicted molar refractivity (Wildman–Crippen MR) is 131 cm³/mol. The average molecular weight is 521 g/mol. The monoisotopic (exact) mass is 519 g/mol. The zero-order valence-corrected chi connectivity index (χ0v) is 21.1. The van der Waals surface area contributed by atoms with E-state index in [9.17, 15) is 8.42 Å². The smallest absolute Gasteiger partial charge is 0.243 e. The first-order valence-electron chi connectivity index (χ1n) is 10.3. The molecule has 1 fully saturated rings. The normalized spacial score (nSPS) is 15.4. The molecule has 0 spiro atoms. The van der Waals surface area contributed by atoms with Crippen molar-refractivity contribution in [2.24, 2.45) is 0 Å². The largest absolute Gasteiger partial charge is 0.345 e. The van der Waals surface area contributed by atoms with Gasteiger partial charge in [-0.2, -0.15) is 4.31 Å². The number of aromatic nitrogens is 1. The van der Waals surface area contributed by atoms with Crippen molar-refractivity contribution in [2.45, 2.75) is 32.1 Å².